The van der Waals surface area contributed by atoms with Crippen LogP contribution >= 0.6 is 0 Å². The van der Waals surface area contributed by atoms with Crippen LogP contribution in [0.1, 0.15) is 31.4 Å². The molecule has 1 heterocycles. The first kappa shape index (κ1) is 17.8. The van der Waals surface area contributed by atoms with Gasteiger partial charge < -0.3 is 16.0 Å². The van der Waals surface area contributed by atoms with Crippen molar-refractivity contribution in [1.82, 2.24) is 10.3 Å². The number of hydrogen-bond acceptors (Lipinski definition) is 4. The summed E-state index contributed by atoms with van der Waals surface area (Å²) in [6, 6.07) is 9.88. The Morgan fingerprint density at radius 3 is 2.62 bits per heavy atom. The molecule has 3 N–H and O–H groups in total. The molecule has 0 bridgehead atoms. The van der Waals surface area contributed by atoms with Crippen molar-refractivity contribution in [2.75, 3.05) is 23.7 Å². The maximum Gasteiger partial charge on any atom is 0.220 e. The number of rotatable bonds is 8. The highest BCUT2D eigenvalue weighted by Crippen LogP contribution is 2.24. The van der Waals surface area contributed by atoms with Gasteiger partial charge in [-0.1, -0.05) is 12.1 Å². The van der Waals surface area contributed by atoms with Gasteiger partial charge >= 0.3 is 0 Å². The van der Waals surface area contributed by atoms with Gasteiger partial charge in [0.1, 0.15) is 0 Å². The van der Waals surface area contributed by atoms with Crippen LogP contribution in [0.2, 0.25) is 0 Å². The number of carbonyl (C=O) groups is 1. The molecule has 5 nitrogen and oxygen atoms in total. The lowest BCUT2D eigenvalue weighted by molar-refractivity contribution is -0.121. The van der Waals surface area contributed by atoms with E-state index in [-0.39, 0.29) is 5.91 Å². The first-order valence-corrected chi connectivity index (χ1v) is 8.43. The van der Waals surface area contributed by atoms with Gasteiger partial charge in [-0.25, -0.2) is 0 Å². The molecule has 0 atom stereocenters. The Hall–Kier alpha value is -2.56. The summed E-state index contributed by atoms with van der Waals surface area (Å²) in [7, 11) is 0. The van der Waals surface area contributed by atoms with Gasteiger partial charge in [-0.3, -0.25) is 9.78 Å². The molecule has 128 valence electrons. The maximum absolute atomic E-state index is 12.0. The summed E-state index contributed by atoms with van der Waals surface area (Å²) in [5.74, 6) is 0.0326. The van der Waals surface area contributed by atoms with Crippen LogP contribution in [0.4, 0.5) is 11.4 Å². The van der Waals surface area contributed by atoms with Gasteiger partial charge in [0.05, 0.1) is 11.4 Å². The first-order chi connectivity index (χ1) is 11.6. The van der Waals surface area contributed by atoms with E-state index >= 15 is 0 Å². The Morgan fingerprint density at radius 1 is 1.21 bits per heavy atom. The van der Waals surface area contributed by atoms with Crippen molar-refractivity contribution < 1.29 is 4.79 Å². The first-order valence-electron chi connectivity index (χ1n) is 8.43. The van der Waals surface area contributed by atoms with Crippen molar-refractivity contribution in [2.24, 2.45) is 0 Å². The summed E-state index contributed by atoms with van der Waals surface area (Å²) in [6.07, 6.45) is 4.61. The van der Waals surface area contributed by atoms with Crippen LogP contribution in [0, 0.1) is 0 Å². The van der Waals surface area contributed by atoms with Crippen molar-refractivity contribution in [3.8, 4) is 0 Å². The monoisotopic (exact) mass is 326 g/mol. The highest BCUT2D eigenvalue weighted by molar-refractivity contribution is 5.76. The number of nitrogens with two attached hydrogens (primary N) is 1. The molecule has 24 heavy (non-hydrogen) atoms. The molecular weight excluding hydrogens is 300 g/mol. The lowest BCUT2D eigenvalue weighted by atomic mass is 10.1. The third kappa shape index (κ3) is 4.98. The fourth-order valence-electron chi connectivity index (χ4n) is 2.66. The van der Waals surface area contributed by atoms with Gasteiger partial charge in [0.15, 0.2) is 0 Å². The second kappa shape index (κ2) is 8.91. The third-order valence-electron chi connectivity index (χ3n) is 4.05. The molecule has 0 unspecified atom stereocenters. The van der Waals surface area contributed by atoms with E-state index < -0.39 is 0 Å². The van der Waals surface area contributed by atoms with E-state index in [9.17, 15) is 4.79 Å². The van der Waals surface area contributed by atoms with Crippen LogP contribution in [0.25, 0.3) is 0 Å². The molecular formula is C19H26N4O. The van der Waals surface area contributed by atoms with Crippen molar-refractivity contribution >= 4 is 17.3 Å². The predicted octanol–water partition coefficient (Wildman–Crippen LogP) is 2.76. The molecule has 0 aliphatic rings. The van der Waals surface area contributed by atoms with E-state index in [1.807, 2.05) is 24.3 Å². The average molecular weight is 326 g/mol. The maximum atomic E-state index is 12.0. The number of benzene rings is 1. The fourth-order valence-corrected chi connectivity index (χ4v) is 2.66. The zero-order chi connectivity index (χ0) is 17.4. The van der Waals surface area contributed by atoms with Crippen LogP contribution in [0.15, 0.2) is 42.7 Å². The number of pyridine rings is 1. The van der Waals surface area contributed by atoms with Crippen LogP contribution in [-0.2, 0) is 17.8 Å². The molecule has 0 radical (unpaired) electrons. The molecule has 1 aromatic heterocycles. The van der Waals surface area contributed by atoms with E-state index in [0.717, 1.165) is 35.6 Å². The zero-order valence-electron chi connectivity index (χ0n) is 14.5. The van der Waals surface area contributed by atoms with Crippen molar-refractivity contribution in [3.63, 3.8) is 0 Å². The Balaban J connectivity index is 1.85. The molecule has 1 aromatic carbocycles. The molecule has 0 aliphatic heterocycles. The molecule has 0 spiro atoms. The van der Waals surface area contributed by atoms with E-state index in [1.54, 1.807) is 12.4 Å². The van der Waals surface area contributed by atoms with Gasteiger partial charge in [-0.05, 0) is 49.6 Å². The topological polar surface area (TPSA) is 71.2 Å². The van der Waals surface area contributed by atoms with Crippen LogP contribution in [0.3, 0.4) is 0 Å². The molecule has 0 fully saturated rings. The number of nitrogens with one attached hydrogen (secondary N) is 1. The number of aromatic nitrogens is 1. The summed E-state index contributed by atoms with van der Waals surface area (Å²) in [5.41, 5.74) is 10.1. The van der Waals surface area contributed by atoms with E-state index in [1.165, 1.54) is 0 Å². The lowest BCUT2D eigenvalue weighted by Crippen LogP contribution is -2.23. The second-order valence-corrected chi connectivity index (χ2v) is 5.70. The number of aryl methyl sites for hydroxylation is 1. The van der Waals surface area contributed by atoms with Crippen molar-refractivity contribution in [3.05, 3.63) is 53.9 Å². The molecule has 1 amide bonds. The predicted molar refractivity (Wildman–Crippen MR) is 98.8 cm³/mol. The number of nitrogens with zero attached hydrogens (tertiary/aromatic N) is 2. The number of hydrogen-bond donors (Lipinski definition) is 2. The normalized spacial score (nSPS) is 10.4. The van der Waals surface area contributed by atoms with Gasteiger partial charge in [0.25, 0.3) is 0 Å². The lowest BCUT2D eigenvalue weighted by Gasteiger charge is -2.23. The molecule has 0 saturated carbocycles. The molecule has 0 aliphatic carbocycles. The minimum atomic E-state index is 0.0326. The Kier molecular flexibility index (Phi) is 6.61. The summed E-state index contributed by atoms with van der Waals surface area (Å²) in [5, 5.41) is 2.91. The Morgan fingerprint density at radius 2 is 2.00 bits per heavy atom. The summed E-state index contributed by atoms with van der Waals surface area (Å²) >= 11 is 0. The number of carbonyl (C=O) groups excluding carboxylic acids is 1. The minimum absolute atomic E-state index is 0.0326. The SMILES string of the molecule is CCN(CC)c1ccc(CCC(=O)NCc2cccnc2)cc1N. The van der Waals surface area contributed by atoms with Gasteiger partial charge in [0.2, 0.25) is 5.91 Å². The molecule has 0 saturated heterocycles. The van der Waals surface area contributed by atoms with Crippen molar-refractivity contribution in [2.45, 2.75) is 33.2 Å². The number of amides is 1. The fraction of sp³-hybridized carbons (Fsp3) is 0.368. The summed E-state index contributed by atoms with van der Waals surface area (Å²) in [6.45, 7) is 6.59. The largest absolute Gasteiger partial charge is 0.397 e. The van der Waals surface area contributed by atoms with Gasteiger partial charge in [-0.2, -0.15) is 0 Å². The Bertz CT molecular complexity index is 654. The highest BCUT2D eigenvalue weighted by Gasteiger charge is 2.08. The number of anilines is 2. The Labute approximate surface area is 143 Å². The van der Waals surface area contributed by atoms with Crippen LogP contribution in [0.5, 0.6) is 0 Å². The van der Waals surface area contributed by atoms with E-state index in [2.05, 4.69) is 35.1 Å². The summed E-state index contributed by atoms with van der Waals surface area (Å²) < 4.78 is 0. The van der Waals surface area contributed by atoms with Crippen LogP contribution in [-0.4, -0.2) is 24.0 Å². The molecule has 2 aromatic rings. The second-order valence-electron chi connectivity index (χ2n) is 5.70. The number of nitrogen functional groups attached to an aromatic ring is 1. The third-order valence-corrected chi connectivity index (χ3v) is 4.05. The van der Waals surface area contributed by atoms with E-state index in [4.69, 9.17) is 5.73 Å². The standard InChI is InChI=1S/C19H26N4O/c1-3-23(4-2)18-9-7-15(12-17(18)20)8-10-19(24)22-14-16-6-5-11-21-13-16/h5-7,9,11-13H,3-4,8,10,14,20H2,1-2H3,(H,22,24). The summed E-state index contributed by atoms with van der Waals surface area (Å²) in [4.78, 5) is 18.2. The molecule has 2 rings (SSSR count). The molecule has 5 heteroatoms. The zero-order valence-corrected chi connectivity index (χ0v) is 14.5. The quantitative estimate of drug-likeness (QED) is 0.732. The highest BCUT2D eigenvalue weighted by atomic mass is 16.1. The van der Waals surface area contributed by atoms with Gasteiger partial charge in [0, 0.05) is 38.4 Å². The van der Waals surface area contributed by atoms with Crippen molar-refractivity contribution in [1.29, 1.82) is 0 Å². The minimum Gasteiger partial charge on any atom is -0.397 e. The smallest absolute Gasteiger partial charge is 0.220 e. The van der Waals surface area contributed by atoms with E-state index in [0.29, 0.717) is 19.4 Å². The van der Waals surface area contributed by atoms with Gasteiger partial charge in [-0.15, -0.1) is 0 Å². The van der Waals surface area contributed by atoms with Crippen LogP contribution < -0.4 is 16.0 Å². The average Bonchev–Trinajstić information content (AvgIpc) is 2.61.